The highest BCUT2D eigenvalue weighted by Crippen LogP contribution is 2.60. The summed E-state index contributed by atoms with van der Waals surface area (Å²) < 4.78 is 0. The average Bonchev–Trinajstić information content (AvgIpc) is 2.58. The molecule has 4 saturated carbocycles. The number of unbranched alkanes of at least 4 members (excludes halogenated alkanes) is 7. The lowest BCUT2D eigenvalue weighted by molar-refractivity contribution is -0.146. The summed E-state index contributed by atoms with van der Waals surface area (Å²) in [5.41, 5.74) is 0.00466. The first kappa shape index (κ1) is 19.7. The van der Waals surface area contributed by atoms with Crippen molar-refractivity contribution in [3.05, 3.63) is 0 Å². The van der Waals surface area contributed by atoms with Gasteiger partial charge in [0.2, 0.25) is 5.91 Å². The molecule has 0 heterocycles. The highest BCUT2D eigenvalue weighted by molar-refractivity contribution is 5.83. The van der Waals surface area contributed by atoms with Crippen LogP contribution in [0, 0.1) is 23.2 Å². The number of carboxylic acids is 1. The smallest absolute Gasteiger partial charge is 0.303 e. The van der Waals surface area contributed by atoms with Gasteiger partial charge < -0.3 is 10.4 Å². The summed E-state index contributed by atoms with van der Waals surface area (Å²) in [5, 5.41) is 11.9. The van der Waals surface area contributed by atoms with Crippen LogP contribution >= 0.6 is 0 Å². The summed E-state index contributed by atoms with van der Waals surface area (Å²) >= 11 is 0. The Morgan fingerprint density at radius 1 is 0.769 bits per heavy atom. The molecule has 0 aromatic rings. The Labute approximate surface area is 158 Å². The number of carbonyl (C=O) groups is 2. The molecular weight excluding hydrogens is 326 g/mol. The molecule has 4 rings (SSSR count). The molecular formula is C22H37NO3. The molecule has 0 saturated heterocycles. The van der Waals surface area contributed by atoms with Crippen LogP contribution in [0.25, 0.3) is 0 Å². The number of nitrogens with one attached hydrogen (secondary N) is 1. The Morgan fingerprint density at radius 3 is 1.73 bits per heavy atom. The van der Waals surface area contributed by atoms with Gasteiger partial charge in [-0.2, -0.15) is 0 Å². The fraction of sp³-hybridized carbons (Fsp3) is 0.909. The van der Waals surface area contributed by atoms with Crippen molar-refractivity contribution < 1.29 is 14.7 Å². The van der Waals surface area contributed by atoms with E-state index in [1.807, 2.05) is 0 Å². The van der Waals surface area contributed by atoms with Crippen LogP contribution in [-0.4, -0.2) is 23.5 Å². The van der Waals surface area contributed by atoms with Gasteiger partial charge in [-0.05, 0) is 69.1 Å². The SMILES string of the molecule is O=C(O)CCCCCCCCCCNC(=O)C12CC3CC(CC(C3)C1)C2. The van der Waals surface area contributed by atoms with E-state index in [4.69, 9.17) is 5.11 Å². The number of hydrogen-bond acceptors (Lipinski definition) is 2. The Morgan fingerprint density at radius 2 is 1.23 bits per heavy atom. The zero-order valence-corrected chi connectivity index (χ0v) is 16.3. The predicted molar refractivity (Wildman–Crippen MR) is 103 cm³/mol. The predicted octanol–water partition coefficient (Wildman–Crippen LogP) is 4.91. The molecule has 0 atom stereocenters. The fourth-order valence-electron chi connectivity index (χ4n) is 6.24. The summed E-state index contributed by atoms with van der Waals surface area (Å²) in [4.78, 5) is 23.3. The fourth-order valence-corrected chi connectivity index (χ4v) is 6.24. The lowest BCUT2D eigenvalue weighted by Gasteiger charge is -2.55. The maximum Gasteiger partial charge on any atom is 0.303 e. The van der Waals surface area contributed by atoms with E-state index in [0.717, 1.165) is 69.2 Å². The summed E-state index contributed by atoms with van der Waals surface area (Å²) in [6.45, 7) is 0.846. The second kappa shape index (κ2) is 9.23. The third-order valence-electron chi connectivity index (χ3n) is 7.12. The van der Waals surface area contributed by atoms with Crippen molar-refractivity contribution in [2.24, 2.45) is 23.2 Å². The quantitative estimate of drug-likeness (QED) is 0.484. The lowest BCUT2D eigenvalue weighted by atomic mass is 9.49. The van der Waals surface area contributed by atoms with Crippen molar-refractivity contribution in [3.8, 4) is 0 Å². The summed E-state index contributed by atoms with van der Waals surface area (Å²) in [6.07, 6.45) is 16.9. The number of carbonyl (C=O) groups excluding carboxylic acids is 1. The number of rotatable bonds is 12. The standard InChI is InChI=1S/C22H37NO3/c24-20(25)9-7-5-3-1-2-4-6-8-10-23-21(26)22-14-17-11-18(15-22)13-19(12-17)16-22/h17-19H,1-16H2,(H,23,26)(H,24,25). The van der Waals surface area contributed by atoms with E-state index in [1.54, 1.807) is 0 Å². The molecule has 0 aromatic carbocycles. The van der Waals surface area contributed by atoms with Crippen LogP contribution in [0.2, 0.25) is 0 Å². The van der Waals surface area contributed by atoms with Crippen molar-refractivity contribution in [2.75, 3.05) is 6.54 Å². The van der Waals surface area contributed by atoms with Crippen LogP contribution in [0.5, 0.6) is 0 Å². The molecule has 0 spiro atoms. The molecule has 4 heteroatoms. The molecule has 4 nitrogen and oxygen atoms in total. The molecule has 4 aliphatic carbocycles. The Hall–Kier alpha value is -1.06. The molecule has 148 valence electrons. The van der Waals surface area contributed by atoms with Crippen molar-refractivity contribution in [2.45, 2.75) is 96.3 Å². The molecule has 0 unspecified atom stereocenters. The third-order valence-corrected chi connectivity index (χ3v) is 7.12. The van der Waals surface area contributed by atoms with Gasteiger partial charge in [0, 0.05) is 18.4 Å². The first-order valence-electron chi connectivity index (χ1n) is 11.1. The van der Waals surface area contributed by atoms with Gasteiger partial charge in [-0.1, -0.05) is 38.5 Å². The summed E-state index contributed by atoms with van der Waals surface area (Å²) in [7, 11) is 0. The highest BCUT2D eigenvalue weighted by atomic mass is 16.4. The maximum absolute atomic E-state index is 12.8. The van der Waals surface area contributed by atoms with Crippen molar-refractivity contribution in [1.82, 2.24) is 5.32 Å². The molecule has 4 aliphatic rings. The van der Waals surface area contributed by atoms with Gasteiger partial charge in [-0.15, -0.1) is 0 Å². The van der Waals surface area contributed by atoms with Gasteiger partial charge in [0.05, 0.1) is 0 Å². The number of aliphatic carboxylic acids is 1. The van der Waals surface area contributed by atoms with E-state index >= 15 is 0 Å². The Bertz CT molecular complexity index is 452. The van der Waals surface area contributed by atoms with Crippen LogP contribution in [0.4, 0.5) is 0 Å². The van der Waals surface area contributed by atoms with E-state index in [0.29, 0.717) is 12.3 Å². The normalized spacial score (nSPS) is 31.9. The topological polar surface area (TPSA) is 66.4 Å². The molecule has 0 aromatic heterocycles. The largest absolute Gasteiger partial charge is 0.481 e. The van der Waals surface area contributed by atoms with Gasteiger partial charge in [0.25, 0.3) is 0 Å². The molecule has 0 aliphatic heterocycles. The average molecular weight is 364 g/mol. The molecule has 4 bridgehead atoms. The second-order valence-electron chi connectivity index (χ2n) is 9.43. The Balaban J connectivity index is 1.20. The third kappa shape index (κ3) is 5.23. The van der Waals surface area contributed by atoms with E-state index in [2.05, 4.69) is 5.32 Å². The number of amides is 1. The summed E-state index contributed by atoms with van der Waals surface area (Å²) in [6, 6.07) is 0. The van der Waals surface area contributed by atoms with Crippen LogP contribution < -0.4 is 5.32 Å². The first-order valence-corrected chi connectivity index (χ1v) is 11.1. The molecule has 1 amide bonds. The van der Waals surface area contributed by atoms with Gasteiger partial charge in [-0.25, -0.2) is 0 Å². The van der Waals surface area contributed by atoms with Crippen LogP contribution in [0.15, 0.2) is 0 Å². The number of carboxylic acid groups (broad SMARTS) is 1. The maximum atomic E-state index is 12.8. The van der Waals surface area contributed by atoms with E-state index < -0.39 is 5.97 Å². The van der Waals surface area contributed by atoms with Gasteiger partial charge in [-0.3, -0.25) is 9.59 Å². The zero-order chi connectivity index (χ0) is 18.4. The highest BCUT2D eigenvalue weighted by Gasteiger charge is 2.54. The Kier molecular flexibility index (Phi) is 6.99. The molecule has 2 N–H and O–H groups in total. The van der Waals surface area contributed by atoms with Gasteiger partial charge in [0.15, 0.2) is 0 Å². The van der Waals surface area contributed by atoms with Crippen molar-refractivity contribution >= 4 is 11.9 Å². The minimum absolute atomic E-state index is 0.00466. The second-order valence-corrected chi connectivity index (χ2v) is 9.43. The van der Waals surface area contributed by atoms with Crippen molar-refractivity contribution in [1.29, 1.82) is 0 Å². The monoisotopic (exact) mass is 363 g/mol. The van der Waals surface area contributed by atoms with E-state index in [9.17, 15) is 9.59 Å². The minimum atomic E-state index is -0.680. The van der Waals surface area contributed by atoms with Crippen molar-refractivity contribution in [3.63, 3.8) is 0 Å². The number of hydrogen-bond donors (Lipinski definition) is 2. The molecule has 26 heavy (non-hydrogen) atoms. The van der Waals surface area contributed by atoms with E-state index in [-0.39, 0.29) is 5.41 Å². The minimum Gasteiger partial charge on any atom is -0.481 e. The van der Waals surface area contributed by atoms with Gasteiger partial charge >= 0.3 is 5.97 Å². The lowest BCUT2D eigenvalue weighted by Crippen LogP contribution is -2.53. The first-order chi connectivity index (χ1) is 12.6. The van der Waals surface area contributed by atoms with Crippen LogP contribution in [0.3, 0.4) is 0 Å². The van der Waals surface area contributed by atoms with Crippen LogP contribution in [0.1, 0.15) is 96.3 Å². The van der Waals surface area contributed by atoms with Gasteiger partial charge in [0.1, 0.15) is 0 Å². The van der Waals surface area contributed by atoms with Crippen LogP contribution in [-0.2, 0) is 9.59 Å². The zero-order valence-electron chi connectivity index (χ0n) is 16.3. The van der Waals surface area contributed by atoms with E-state index in [1.165, 1.54) is 44.9 Å². The molecule has 0 radical (unpaired) electrons. The molecule has 4 fully saturated rings. The summed E-state index contributed by atoms with van der Waals surface area (Å²) in [5.74, 6) is 2.20.